The first-order valence-electron chi connectivity index (χ1n) is 4.26. The second-order valence-corrected chi connectivity index (χ2v) is 3.21. The van der Waals surface area contributed by atoms with E-state index in [4.69, 9.17) is 5.11 Å². The Hall–Kier alpha value is -1.82. The number of rotatable bonds is 4. The third-order valence-electron chi connectivity index (χ3n) is 1.79. The predicted octanol–water partition coefficient (Wildman–Crippen LogP) is 4.21. The van der Waals surface area contributed by atoms with E-state index in [2.05, 4.69) is 0 Å². The monoisotopic (exact) mass is 338 g/mol. The average Bonchev–Trinajstić information content (AvgIpc) is 2.33. The lowest BCUT2D eigenvalue weighted by Gasteiger charge is -2.26. The molecular formula is C8HF11O2. The summed E-state index contributed by atoms with van der Waals surface area (Å²) in [7, 11) is 0. The summed E-state index contributed by atoms with van der Waals surface area (Å²) in [6, 6.07) is 0. The van der Waals surface area contributed by atoms with Crippen LogP contribution in [-0.2, 0) is 4.79 Å². The summed E-state index contributed by atoms with van der Waals surface area (Å²) in [4.78, 5) is 9.77. The second-order valence-electron chi connectivity index (χ2n) is 3.21. The maximum atomic E-state index is 12.6. The number of hydrogen-bond donors (Lipinski definition) is 1. The molecule has 0 rings (SSSR count). The summed E-state index contributed by atoms with van der Waals surface area (Å²) >= 11 is 0. The van der Waals surface area contributed by atoms with E-state index in [0.29, 0.717) is 0 Å². The molecule has 0 spiro atoms. The van der Waals surface area contributed by atoms with Crippen LogP contribution in [0.1, 0.15) is 0 Å². The Labute approximate surface area is 107 Å². The number of alkyl halides is 7. The van der Waals surface area contributed by atoms with Gasteiger partial charge in [-0.05, 0) is 0 Å². The maximum Gasteiger partial charge on any atom is 0.460 e. The van der Waals surface area contributed by atoms with Crippen molar-refractivity contribution in [3.05, 3.63) is 23.3 Å². The fourth-order valence-electron chi connectivity index (χ4n) is 0.740. The third-order valence-corrected chi connectivity index (χ3v) is 1.79. The van der Waals surface area contributed by atoms with Crippen LogP contribution in [0.25, 0.3) is 0 Å². The second kappa shape index (κ2) is 5.52. The maximum absolute atomic E-state index is 12.6. The molecule has 0 saturated heterocycles. The molecule has 122 valence electrons. The van der Waals surface area contributed by atoms with Crippen LogP contribution in [0.5, 0.6) is 0 Å². The van der Waals surface area contributed by atoms with E-state index < -0.39 is 47.3 Å². The predicted molar refractivity (Wildman–Crippen MR) is 42.1 cm³/mol. The van der Waals surface area contributed by atoms with Crippen LogP contribution in [0.2, 0.25) is 0 Å². The number of carboxylic acids is 1. The molecule has 0 aliphatic carbocycles. The van der Waals surface area contributed by atoms with Gasteiger partial charge in [0.25, 0.3) is 0 Å². The minimum Gasteiger partial charge on any atom is -0.476 e. The first kappa shape index (κ1) is 19.2. The summed E-state index contributed by atoms with van der Waals surface area (Å²) in [5.74, 6) is -31.9. The normalized spacial score (nSPS) is 16.3. The van der Waals surface area contributed by atoms with Crippen molar-refractivity contribution < 1.29 is 58.2 Å². The molecule has 0 aliphatic heterocycles. The fraction of sp³-hybridized carbons (Fsp3) is 0.375. The molecule has 0 fully saturated rings. The lowest BCUT2D eigenvalue weighted by molar-refractivity contribution is -0.348. The number of carbonyl (C=O) groups is 1. The van der Waals surface area contributed by atoms with Gasteiger partial charge in [-0.15, -0.1) is 0 Å². The summed E-state index contributed by atoms with van der Waals surface area (Å²) in [5.41, 5.74) is 0. The van der Waals surface area contributed by atoms with Crippen molar-refractivity contribution in [2.45, 2.75) is 18.0 Å². The first-order chi connectivity index (χ1) is 9.09. The number of allylic oxidation sites excluding steroid dienone is 3. The molecular weight excluding hydrogens is 337 g/mol. The van der Waals surface area contributed by atoms with Crippen LogP contribution in [-0.4, -0.2) is 29.1 Å². The van der Waals surface area contributed by atoms with Gasteiger partial charge in [0.05, 0.1) is 0 Å². The van der Waals surface area contributed by atoms with Gasteiger partial charge in [-0.25, -0.2) is 18.0 Å². The summed E-state index contributed by atoms with van der Waals surface area (Å²) in [6.45, 7) is 0. The van der Waals surface area contributed by atoms with Crippen molar-refractivity contribution in [2.75, 3.05) is 0 Å². The molecule has 0 heterocycles. The Morgan fingerprint density at radius 3 is 1.38 bits per heavy atom. The minimum atomic E-state index is -7.17. The van der Waals surface area contributed by atoms with Crippen molar-refractivity contribution in [1.82, 2.24) is 0 Å². The van der Waals surface area contributed by atoms with E-state index in [-0.39, 0.29) is 0 Å². The van der Waals surface area contributed by atoms with E-state index in [1.54, 1.807) is 0 Å². The van der Waals surface area contributed by atoms with Crippen LogP contribution in [0.15, 0.2) is 23.3 Å². The molecule has 1 N–H and O–H groups in total. The van der Waals surface area contributed by atoms with Crippen molar-refractivity contribution in [3.63, 3.8) is 0 Å². The van der Waals surface area contributed by atoms with Crippen molar-refractivity contribution in [1.29, 1.82) is 0 Å². The minimum absolute atomic E-state index is 2.94. The average molecular weight is 338 g/mol. The number of aliphatic carboxylic acids is 1. The fourth-order valence-corrected chi connectivity index (χ4v) is 0.740. The molecule has 0 atom stereocenters. The van der Waals surface area contributed by atoms with Gasteiger partial charge in [0.2, 0.25) is 17.5 Å². The number of carboxylic acid groups (broad SMARTS) is 1. The van der Waals surface area contributed by atoms with Gasteiger partial charge in [-0.3, -0.25) is 0 Å². The Morgan fingerprint density at radius 1 is 0.714 bits per heavy atom. The Bertz CT molecular complexity index is 499. The topological polar surface area (TPSA) is 37.3 Å². The van der Waals surface area contributed by atoms with E-state index in [1.165, 1.54) is 0 Å². The zero-order valence-corrected chi connectivity index (χ0v) is 9.01. The van der Waals surface area contributed by atoms with Gasteiger partial charge in [0, 0.05) is 0 Å². The van der Waals surface area contributed by atoms with Crippen LogP contribution in [0.4, 0.5) is 48.3 Å². The van der Waals surface area contributed by atoms with Gasteiger partial charge in [-0.2, -0.15) is 35.1 Å². The highest BCUT2D eigenvalue weighted by atomic mass is 19.4. The third kappa shape index (κ3) is 3.26. The molecule has 0 radical (unpaired) electrons. The summed E-state index contributed by atoms with van der Waals surface area (Å²) < 4.78 is 135. The molecule has 0 unspecified atom stereocenters. The molecule has 0 aliphatic rings. The van der Waals surface area contributed by atoms with Gasteiger partial charge >= 0.3 is 24.0 Å². The Balaban J connectivity index is 6.12. The quantitative estimate of drug-likeness (QED) is 0.474. The Kier molecular flexibility index (Phi) is 5.04. The molecule has 0 amide bonds. The molecule has 21 heavy (non-hydrogen) atoms. The van der Waals surface area contributed by atoms with E-state index in [9.17, 15) is 53.1 Å². The van der Waals surface area contributed by atoms with Crippen molar-refractivity contribution >= 4 is 5.97 Å². The largest absolute Gasteiger partial charge is 0.476 e. The lowest BCUT2D eigenvalue weighted by Crippen LogP contribution is -2.52. The first-order valence-corrected chi connectivity index (χ1v) is 4.26. The highest BCUT2D eigenvalue weighted by molar-refractivity contribution is 5.85. The molecule has 0 bridgehead atoms. The van der Waals surface area contributed by atoms with E-state index in [1.807, 2.05) is 0 Å². The van der Waals surface area contributed by atoms with Gasteiger partial charge in [0.1, 0.15) is 0 Å². The van der Waals surface area contributed by atoms with E-state index in [0.717, 1.165) is 0 Å². The number of halogens is 11. The summed E-state index contributed by atoms with van der Waals surface area (Å²) in [5, 5.41) is 7.77. The molecule has 2 nitrogen and oxygen atoms in total. The van der Waals surface area contributed by atoms with Crippen LogP contribution in [0, 0.1) is 0 Å². The zero-order valence-electron chi connectivity index (χ0n) is 9.01. The van der Waals surface area contributed by atoms with Crippen molar-refractivity contribution in [3.8, 4) is 0 Å². The van der Waals surface area contributed by atoms with Crippen LogP contribution < -0.4 is 0 Å². The molecule has 0 aromatic carbocycles. The highest BCUT2D eigenvalue weighted by Crippen LogP contribution is 2.51. The van der Waals surface area contributed by atoms with Crippen molar-refractivity contribution in [2.24, 2.45) is 0 Å². The van der Waals surface area contributed by atoms with Gasteiger partial charge in [-0.1, -0.05) is 0 Å². The zero-order chi connectivity index (χ0) is 17.4. The van der Waals surface area contributed by atoms with Crippen LogP contribution >= 0.6 is 0 Å². The van der Waals surface area contributed by atoms with Crippen LogP contribution in [0.3, 0.4) is 0 Å². The molecule has 0 aromatic heterocycles. The van der Waals surface area contributed by atoms with E-state index >= 15 is 0 Å². The molecule has 13 heteroatoms. The lowest BCUT2D eigenvalue weighted by atomic mass is 10.1. The highest BCUT2D eigenvalue weighted by Gasteiger charge is 2.75. The standard InChI is InChI=1S/C8HF11O2/c9-1(3(11)5(20)21)2(10)4(12)6(13,14)7(15,16)8(17,18)19/h(H,20,21)/b3-1+,4-2+. The SMILES string of the molecule is O=C(O)/C(F)=C(F)/C(F)=C(\F)C(F)(F)C(F)(F)C(F)(F)F. The molecule has 0 aromatic rings. The van der Waals surface area contributed by atoms with Gasteiger partial charge in [0.15, 0.2) is 5.83 Å². The summed E-state index contributed by atoms with van der Waals surface area (Å²) in [6.07, 6.45) is -7.06. The smallest absolute Gasteiger partial charge is 0.460 e. The van der Waals surface area contributed by atoms with Gasteiger partial charge < -0.3 is 5.11 Å². The molecule has 0 saturated carbocycles. The Morgan fingerprint density at radius 2 is 1.10 bits per heavy atom. The number of hydrogen-bond acceptors (Lipinski definition) is 1.